The second kappa shape index (κ2) is 6.17. The summed E-state index contributed by atoms with van der Waals surface area (Å²) in [7, 11) is 0. The van der Waals surface area contributed by atoms with Gasteiger partial charge in [0.15, 0.2) is 5.71 Å². The second-order valence-electron chi connectivity index (χ2n) is 4.00. The minimum Gasteiger partial charge on any atom is -0.267 e. The molecule has 1 N–H and O–H groups in total. The molecule has 0 spiro atoms. The zero-order valence-electron chi connectivity index (χ0n) is 10.6. The molecule has 0 saturated heterocycles. The summed E-state index contributed by atoms with van der Waals surface area (Å²) in [6, 6.07) is 9.80. The molecule has 108 valence electrons. The minimum atomic E-state index is -4.67. The maximum absolute atomic E-state index is 13.0. The molecular formula is C14H10F3N3O. The fourth-order valence-corrected chi connectivity index (χ4v) is 1.56. The summed E-state index contributed by atoms with van der Waals surface area (Å²) >= 11 is 0. The molecular weight excluding hydrogens is 283 g/mol. The lowest BCUT2D eigenvalue weighted by Gasteiger charge is -2.10. The van der Waals surface area contributed by atoms with Crippen LogP contribution >= 0.6 is 0 Å². The molecule has 0 aliphatic rings. The molecule has 0 unspecified atom stereocenters. The van der Waals surface area contributed by atoms with Crippen molar-refractivity contribution in [3.8, 4) is 0 Å². The molecule has 0 radical (unpaired) electrons. The van der Waals surface area contributed by atoms with Crippen LogP contribution in [0.5, 0.6) is 0 Å². The third-order valence-electron chi connectivity index (χ3n) is 2.53. The molecule has 0 aliphatic carbocycles. The number of rotatable bonds is 3. The molecule has 1 amide bonds. The van der Waals surface area contributed by atoms with Crippen molar-refractivity contribution in [1.29, 1.82) is 0 Å². The second-order valence-corrected chi connectivity index (χ2v) is 4.00. The van der Waals surface area contributed by atoms with Gasteiger partial charge in [-0.2, -0.15) is 18.3 Å². The first-order valence-electron chi connectivity index (χ1n) is 5.89. The SMILES string of the molecule is O=C(N/N=C(\c1ccccc1)C(F)(F)F)c1ccncc1. The average molecular weight is 293 g/mol. The number of nitrogens with zero attached hydrogens (tertiary/aromatic N) is 2. The van der Waals surface area contributed by atoms with Crippen molar-refractivity contribution in [3.05, 3.63) is 66.0 Å². The molecule has 4 nitrogen and oxygen atoms in total. The Kier molecular flexibility index (Phi) is 4.32. The molecule has 0 atom stereocenters. The Balaban J connectivity index is 2.25. The van der Waals surface area contributed by atoms with Gasteiger partial charge in [-0.1, -0.05) is 30.3 Å². The van der Waals surface area contributed by atoms with Crippen LogP contribution in [-0.4, -0.2) is 22.8 Å². The van der Waals surface area contributed by atoms with Gasteiger partial charge in [0.05, 0.1) is 0 Å². The molecule has 2 aromatic rings. The van der Waals surface area contributed by atoms with Crippen molar-refractivity contribution in [1.82, 2.24) is 10.4 Å². The molecule has 21 heavy (non-hydrogen) atoms. The highest BCUT2D eigenvalue weighted by Crippen LogP contribution is 2.22. The van der Waals surface area contributed by atoms with E-state index < -0.39 is 17.8 Å². The van der Waals surface area contributed by atoms with Gasteiger partial charge in [0.25, 0.3) is 5.91 Å². The van der Waals surface area contributed by atoms with Crippen molar-refractivity contribution in [2.24, 2.45) is 5.10 Å². The predicted octanol–water partition coefficient (Wildman–Crippen LogP) is 2.78. The lowest BCUT2D eigenvalue weighted by Crippen LogP contribution is -2.29. The van der Waals surface area contributed by atoms with Crippen molar-refractivity contribution in [2.45, 2.75) is 6.18 Å². The minimum absolute atomic E-state index is 0.125. The molecule has 0 bridgehead atoms. The summed E-state index contributed by atoms with van der Waals surface area (Å²) in [5, 5.41) is 3.21. The monoisotopic (exact) mass is 293 g/mol. The van der Waals surface area contributed by atoms with Gasteiger partial charge in [-0.25, -0.2) is 5.43 Å². The van der Waals surface area contributed by atoms with Gasteiger partial charge in [0, 0.05) is 23.5 Å². The van der Waals surface area contributed by atoms with E-state index in [1.54, 1.807) is 6.07 Å². The first-order chi connectivity index (χ1) is 9.98. The maximum atomic E-state index is 13.0. The van der Waals surface area contributed by atoms with Crippen LogP contribution in [0.15, 0.2) is 60.0 Å². The highest BCUT2D eigenvalue weighted by atomic mass is 19.4. The van der Waals surface area contributed by atoms with E-state index in [2.05, 4.69) is 10.1 Å². The average Bonchev–Trinajstić information content (AvgIpc) is 2.48. The molecule has 0 saturated carbocycles. The largest absolute Gasteiger partial charge is 0.435 e. The van der Waals surface area contributed by atoms with E-state index in [1.807, 2.05) is 5.43 Å². The fourth-order valence-electron chi connectivity index (χ4n) is 1.56. The van der Waals surface area contributed by atoms with Crippen LogP contribution in [0, 0.1) is 0 Å². The van der Waals surface area contributed by atoms with Crippen LogP contribution in [-0.2, 0) is 0 Å². The number of hydrogen-bond acceptors (Lipinski definition) is 3. The van der Waals surface area contributed by atoms with E-state index in [9.17, 15) is 18.0 Å². The highest BCUT2D eigenvalue weighted by Gasteiger charge is 2.37. The lowest BCUT2D eigenvalue weighted by molar-refractivity contribution is -0.0583. The number of pyridine rings is 1. The number of halogens is 3. The molecule has 2 rings (SSSR count). The number of benzene rings is 1. The van der Waals surface area contributed by atoms with E-state index in [-0.39, 0.29) is 11.1 Å². The van der Waals surface area contributed by atoms with Gasteiger partial charge in [-0.15, -0.1) is 0 Å². The van der Waals surface area contributed by atoms with E-state index >= 15 is 0 Å². The summed E-state index contributed by atoms with van der Waals surface area (Å²) in [5.74, 6) is -0.741. The smallest absolute Gasteiger partial charge is 0.267 e. The first-order valence-corrected chi connectivity index (χ1v) is 5.89. The van der Waals surface area contributed by atoms with E-state index in [4.69, 9.17) is 0 Å². The summed E-state index contributed by atoms with van der Waals surface area (Å²) in [6.45, 7) is 0. The Hall–Kier alpha value is -2.70. The predicted molar refractivity (Wildman–Crippen MR) is 70.7 cm³/mol. The van der Waals surface area contributed by atoms with E-state index in [1.165, 1.54) is 48.8 Å². The first kappa shape index (κ1) is 14.7. The number of hydrogen-bond donors (Lipinski definition) is 1. The van der Waals surface area contributed by atoms with Gasteiger partial charge < -0.3 is 0 Å². The van der Waals surface area contributed by atoms with Crippen LogP contribution in [0.25, 0.3) is 0 Å². The van der Waals surface area contributed by atoms with Gasteiger partial charge in [-0.3, -0.25) is 9.78 Å². The Morgan fingerprint density at radius 1 is 1.00 bits per heavy atom. The van der Waals surface area contributed by atoms with Gasteiger partial charge in [0.2, 0.25) is 0 Å². The van der Waals surface area contributed by atoms with Crippen LogP contribution in [0.3, 0.4) is 0 Å². The summed E-state index contributed by atoms with van der Waals surface area (Å²) in [6.07, 6.45) is -1.95. The summed E-state index contributed by atoms with van der Waals surface area (Å²) in [4.78, 5) is 15.4. The van der Waals surface area contributed by atoms with Crippen LogP contribution < -0.4 is 5.43 Å². The number of amides is 1. The normalized spacial score (nSPS) is 12.0. The number of nitrogens with one attached hydrogen (secondary N) is 1. The molecule has 1 aromatic heterocycles. The topological polar surface area (TPSA) is 54.4 Å². The standard InChI is InChI=1S/C14H10F3N3O/c15-14(16,17)12(10-4-2-1-3-5-10)19-20-13(21)11-6-8-18-9-7-11/h1-9H,(H,20,21)/b19-12+. The Morgan fingerprint density at radius 3 is 2.19 bits per heavy atom. The maximum Gasteiger partial charge on any atom is 0.435 e. The van der Waals surface area contributed by atoms with Crippen LogP contribution in [0.1, 0.15) is 15.9 Å². The van der Waals surface area contributed by atoms with Crippen LogP contribution in [0.4, 0.5) is 13.2 Å². The van der Waals surface area contributed by atoms with E-state index in [0.29, 0.717) is 0 Å². The number of carbonyl (C=O) groups excluding carboxylic acids is 1. The zero-order chi connectivity index (χ0) is 15.3. The molecule has 1 aromatic carbocycles. The van der Waals surface area contributed by atoms with Gasteiger partial charge >= 0.3 is 6.18 Å². The third-order valence-corrected chi connectivity index (χ3v) is 2.53. The van der Waals surface area contributed by atoms with Gasteiger partial charge in [-0.05, 0) is 12.1 Å². The van der Waals surface area contributed by atoms with Crippen molar-refractivity contribution < 1.29 is 18.0 Å². The number of alkyl halides is 3. The quantitative estimate of drug-likeness (QED) is 0.699. The Bertz CT molecular complexity index is 640. The lowest BCUT2D eigenvalue weighted by atomic mass is 10.1. The zero-order valence-corrected chi connectivity index (χ0v) is 10.6. The molecule has 0 aliphatic heterocycles. The van der Waals surface area contributed by atoms with Crippen molar-refractivity contribution >= 4 is 11.6 Å². The highest BCUT2D eigenvalue weighted by molar-refractivity contribution is 6.05. The Morgan fingerprint density at radius 2 is 1.62 bits per heavy atom. The number of aromatic nitrogens is 1. The fraction of sp³-hybridized carbons (Fsp3) is 0.0714. The molecule has 0 fully saturated rings. The van der Waals surface area contributed by atoms with Crippen molar-refractivity contribution in [3.63, 3.8) is 0 Å². The summed E-state index contributed by atoms with van der Waals surface area (Å²) in [5.41, 5.74) is 0.789. The Labute approximate surface area is 118 Å². The van der Waals surface area contributed by atoms with Crippen LogP contribution in [0.2, 0.25) is 0 Å². The van der Waals surface area contributed by atoms with E-state index in [0.717, 1.165) is 0 Å². The molecule has 7 heteroatoms. The number of hydrazone groups is 1. The summed E-state index contributed by atoms with van der Waals surface area (Å²) < 4.78 is 38.9. The number of carbonyl (C=O) groups is 1. The molecule has 1 heterocycles. The van der Waals surface area contributed by atoms with Crippen molar-refractivity contribution in [2.75, 3.05) is 0 Å². The van der Waals surface area contributed by atoms with Gasteiger partial charge in [0.1, 0.15) is 0 Å². The third kappa shape index (κ3) is 3.88.